The summed E-state index contributed by atoms with van der Waals surface area (Å²) in [5, 5.41) is 4.00. The molecule has 0 fully saturated rings. The third kappa shape index (κ3) is 1.70. The van der Waals surface area contributed by atoms with Crippen molar-refractivity contribution < 1.29 is 9.21 Å². The van der Waals surface area contributed by atoms with Crippen LogP contribution in [-0.4, -0.2) is 12.3 Å². The van der Waals surface area contributed by atoms with Crippen LogP contribution in [0.5, 0.6) is 0 Å². The topological polar surface area (TPSA) is 59.3 Å². The number of carbonyl (C=O) groups is 1. The molecule has 0 atom stereocenters. The minimum atomic E-state index is -0.483. The number of fused-ring (bicyclic) bond motifs is 2. The van der Waals surface area contributed by atoms with Crippen molar-refractivity contribution in [1.82, 2.24) is 0 Å². The highest BCUT2D eigenvalue weighted by molar-refractivity contribution is 6.06. The zero-order valence-electron chi connectivity index (χ0n) is 10.1. The van der Waals surface area contributed by atoms with Gasteiger partial charge in [0.05, 0.1) is 0 Å². The Labute approximate surface area is 104 Å². The van der Waals surface area contributed by atoms with Crippen LogP contribution in [0.3, 0.4) is 0 Å². The van der Waals surface area contributed by atoms with Gasteiger partial charge in [-0.1, -0.05) is 0 Å². The molecule has 1 N–H and O–H groups in total. The number of nitrogens with one attached hydrogen (secondary N) is 1. The smallest absolute Gasteiger partial charge is 0.336 e. The van der Waals surface area contributed by atoms with Gasteiger partial charge in [-0.2, -0.15) is 0 Å². The van der Waals surface area contributed by atoms with E-state index in [2.05, 4.69) is 5.32 Å². The molecule has 0 saturated heterocycles. The molecule has 0 unspecified atom stereocenters. The maximum absolute atomic E-state index is 11.6. The third-order valence-corrected chi connectivity index (χ3v) is 3.29. The van der Waals surface area contributed by atoms with Crippen LogP contribution < -0.4 is 10.9 Å². The summed E-state index contributed by atoms with van der Waals surface area (Å²) in [7, 11) is 0. The number of ketones is 1. The largest absolute Gasteiger partial charge is 0.423 e. The van der Waals surface area contributed by atoms with Crippen molar-refractivity contribution in [2.45, 2.75) is 19.8 Å². The minimum absolute atomic E-state index is 0.114. The van der Waals surface area contributed by atoms with Gasteiger partial charge in [0.2, 0.25) is 0 Å². The standard InChI is InChI=1S/C14H13NO3/c1-8(16)10-6-14(17)18-13-7-12-9(5-11(10)13)3-2-4-15-12/h5-7,15H,2-4H2,1H3. The van der Waals surface area contributed by atoms with Crippen molar-refractivity contribution in [2.75, 3.05) is 11.9 Å². The molecule has 0 radical (unpaired) electrons. The second-order valence-electron chi connectivity index (χ2n) is 4.57. The number of carbonyl (C=O) groups excluding carboxylic acids is 1. The zero-order chi connectivity index (χ0) is 12.7. The molecule has 92 valence electrons. The molecule has 1 aliphatic rings. The van der Waals surface area contributed by atoms with Gasteiger partial charge < -0.3 is 9.73 Å². The number of benzene rings is 1. The Bertz CT molecular complexity index is 700. The summed E-state index contributed by atoms with van der Waals surface area (Å²) in [6.07, 6.45) is 2.05. The van der Waals surface area contributed by atoms with E-state index in [0.717, 1.165) is 30.5 Å². The van der Waals surface area contributed by atoms with Crippen LogP contribution in [0.1, 0.15) is 29.3 Å². The zero-order valence-corrected chi connectivity index (χ0v) is 10.1. The van der Waals surface area contributed by atoms with Crippen LogP contribution in [0.25, 0.3) is 11.0 Å². The number of rotatable bonds is 1. The van der Waals surface area contributed by atoms with Gasteiger partial charge in [0.25, 0.3) is 0 Å². The van der Waals surface area contributed by atoms with Gasteiger partial charge in [0.15, 0.2) is 5.78 Å². The first kappa shape index (κ1) is 11.0. The molecule has 1 aromatic heterocycles. The molecule has 0 bridgehead atoms. The van der Waals surface area contributed by atoms with Gasteiger partial charge in [0.1, 0.15) is 5.58 Å². The Kier molecular flexibility index (Phi) is 2.44. The first-order chi connectivity index (χ1) is 8.65. The van der Waals surface area contributed by atoms with Crippen LogP contribution in [0, 0.1) is 0 Å². The van der Waals surface area contributed by atoms with Crippen molar-refractivity contribution in [3.05, 3.63) is 39.7 Å². The van der Waals surface area contributed by atoms with Gasteiger partial charge in [-0.15, -0.1) is 0 Å². The Hall–Kier alpha value is -2.10. The summed E-state index contributed by atoms with van der Waals surface area (Å²) in [6, 6.07) is 5.04. The minimum Gasteiger partial charge on any atom is -0.423 e. The van der Waals surface area contributed by atoms with E-state index in [9.17, 15) is 9.59 Å². The van der Waals surface area contributed by atoms with E-state index in [0.29, 0.717) is 11.1 Å². The van der Waals surface area contributed by atoms with E-state index in [1.807, 2.05) is 12.1 Å². The highest BCUT2D eigenvalue weighted by Crippen LogP contribution is 2.29. The molecular weight excluding hydrogens is 230 g/mol. The van der Waals surface area contributed by atoms with Gasteiger partial charge in [0, 0.05) is 35.3 Å². The molecule has 4 nitrogen and oxygen atoms in total. The summed E-state index contributed by atoms with van der Waals surface area (Å²) >= 11 is 0. The van der Waals surface area contributed by atoms with E-state index in [4.69, 9.17) is 4.42 Å². The van der Waals surface area contributed by atoms with Crippen LogP contribution in [-0.2, 0) is 6.42 Å². The van der Waals surface area contributed by atoms with E-state index in [-0.39, 0.29) is 5.78 Å². The predicted molar refractivity (Wildman–Crippen MR) is 69.3 cm³/mol. The summed E-state index contributed by atoms with van der Waals surface area (Å²) in [5.74, 6) is -0.114. The van der Waals surface area contributed by atoms with E-state index in [1.165, 1.54) is 18.6 Å². The van der Waals surface area contributed by atoms with Gasteiger partial charge >= 0.3 is 5.63 Å². The van der Waals surface area contributed by atoms with Crippen LogP contribution >= 0.6 is 0 Å². The summed E-state index contributed by atoms with van der Waals surface area (Å²) in [4.78, 5) is 23.0. The van der Waals surface area contributed by atoms with Crippen LogP contribution in [0.2, 0.25) is 0 Å². The third-order valence-electron chi connectivity index (χ3n) is 3.29. The highest BCUT2D eigenvalue weighted by Gasteiger charge is 2.15. The molecule has 4 heteroatoms. The van der Waals surface area contributed by atoms with Gasteiger partial charge in [-0.3, -0.25) is 4.79 Å². The lowest BCUT2D eigenvalue weighted by molar-refractivity contribution is 0.101. The number of hydrogen-bond acceptors (Lipinski definition) is 4. The molecule has 0 spiro atoms. The fourth-order valence-electron chi connectivity index (χ4n) is 2.42. The van der Waals surface area contributed by atoms with Crippen LogP contribution in [0.4, 0.5) is 5.69 Å². The first-order valence-corrected chi connectivity index (χ1v) is 6.01. The average Bonchev–Trinajstić information content (AvgIpc) is 2.35. The Morgan fingerprint density at radius 2 is 2.17 bits per heavy atom. The summed E-state index contributed by atoms with van der Waals surface area (Å²) < 4.78 is 5.17. The Morgan fingerprint density at radius 3 is 2.94 bits per heavy atom. The molecule has 3 rings (SSSR count). The maximum Gasteiger partial charge on any atom is 0.336 e. The molecule has 0 amide bonds. The molecule has 18 heavy (non-hydrogen) atoms. The molecule has 2 heterocycles. The van der Waals surface area contributed by atoms with E-state index >= 15 is 0 Å². The molecular formula is C14H13NO3. The van der Waals surface area contributed by atoms with Gasteiger partial charge in [-0.25, -0.2) is 4.79 Å². The maximum atomic E-state index is 11.6. The Balaban J connectivity index is 2.36. The Morgan fingerprint density at radius 1 is 1.33 bits per heavy atom. The number of anilines is 1. The number of Topliss-reactive ketones (excluding diaryl/α,β-unsaturated/α-hetero) is 1. The quantitative estimate of drug-likeness (QED) is 0.617. The average molecular weight is 243 g/mol. The SMILES string of the molecule is CC(=O)c1cc(=O)oc2cc3c(cc12)CCCN3. The fourth-order valence-corrected chi connectivity index (χ4v) is 2.42. The second kappa shape index (κ2) is 3.98. The highest BCUT2D eigenvalue weighted by atomic mass is 16.4. The van der Waals surface area contributed by atoms with Crippen molar-refractivity contribution in [3.63, 3.8) is 0 Å². The van der Waals surface area contributed by atoms with Crippen molar-refractivity contribution in [3.8, 4) is 0 Å². The normalized spacial score (nSPS) is 14.1. The molecule has 0 saturated carbocycles. The van der Waals surface area contributed by atoms with Crippen molar-refractivity contribution in [1.29, 1.82) is 0 Å². The summed E-state index contributed by atoms with van der Waals surface area (Å²) in [6.45, 7) is 2.39. The lowest BCUT2D eigenvalue weighted by Crippen LogP contribution is -2.12. The van der Waals surface area contributed by atoms with Gasteiger partial charge in [-0.05, 0) is 31.4 Å². The first-order valence-electron chi connectivity index (χ1n) is 6.01. The lowest BCUT2D eigenvalue weighted by Gasteiger charge is -2.18. The van der Waals surface area contributed by atoms with Crippen molar-refractivity contribution >= 4 is 22.4 Å². The molecule has 2 aromatic rings. The fraction of sp³-hybridized carbons (Fsp3) is 0.286. The predicted octanol–water partition coefficient (Wildman–Crippen LogP) is 2.35. The second-order valence-corrected chi connectivity index (χ2v) is 4.57. The number of hydrogen-bond donors (Lipinski definition) is 1. The lowest BCUT2D eigenvalue weighted by atomic mass is 9.98. The van der Waals surface area contributed by atoms with E-state index < -0.39 is 5.63 Å². The van der Waals surface area contributed by atoms with E-state index in [1.54, 1.807) is 0 Å². The summed E-state index contributed by atoms with van der Waals surface area (Å²) in [5.41, 5.74) is 2.60. The van der Waals surface area contributed by atoms with Crippen molar-refractivity contribution in [2.24, 2.45) is 0 Å². The monoisotopic (exact) mass is 243 g/mol. The molecule has 1 aliphatic heterocycles. The number of aryl methyl sites for hydroxylation is 1. The molecule has 1 aromatic carbocycles. The molecule has 0 aliphatic carbocycles. The van der Waals surface area contributed by atoms with Crippen LogP contribution in [0.15, 0.2) is 27.4 Å².